The molecule has 0 aromatic heterocycles. The van der Waals surface area contributed by atoms with Crippen molar-refractivity contribution in [2.75, 3.05) is 0 Å². The predicted octanol–water partition coefficient (Wildman–Crippen LogP) is 5.08. The third-order valence-electron chi connectivity index (χ3n) is 4.01. The van der Waals surface area contributed by atoms with Gasteiger partial charge in [0.25, 0.3) is 0 Å². The smallest absolute Gasteiger partial charge is 0.338 e. The van der Waals surface area contributed by atoms with Crippen LogP contribution in [-0.2, 0) is 4.74 Å². The first-order valence-corrected chi connectivity index (χ1v) is 11.2. The van der Waals surface area contributed by atoms with Crippen molar-refractivity contribution in [1.82, 2.24) is 0 Å². The van der Waals surface area contributed by atoms with Crippen LogP contribution in [0.4, 0.5) is 0 Å². The minimum Gasteiger partial charge on any atom is -0.463 e. The Hall–Kier alpha value is -1.87. The Balaban J connectivity index is 2.32. The molecule has 0 N–H and O–H groups in total. The summed E-state index contributed by atoms with van der Waals surface area (Å²) in [5.41, 5.74) is 3.80. The lowest BCUT2D eigenvalue weighted by Crippen LogP contribution is -2.39. The number of carbonyl (C=O) groups excluding carboxylic acids is 1. The average molecular weight is 312 g/mol. The zero-order valence-corrected chi connectivity index (χ0v) is 15.0. The molecule has 0 saturated heterocycles. The van der Waals surface area contributed by atoms with E-state index in [0.29, 0.717) is 5.56 Å². The van der Waals surface area contributed by atoms with E-state index in [4.69, 9.17) is 4.74 Å². The van der Waals surface area contributed by atoms with Crippen molar-refractivity contribution < 1.29 is 9.53 Å². The SMILES string of the molecule is Cc1ccc(-c2ccccc2C(=O)OC(C)[Si](C)(C)C)cc1. The van der Waals surface area contributed by atoms with E-state index in [1.54, 1.807) is 0 Å². The maximum atomic E-state index is 12.6. The highest BCUT2D eigenvalue weighted by molar-refractivity contribution is 6.77. The Kier molecular flexibility index (Phi) is 4.86. The largest absolute Gasteiger partial charge is 0.463 e. The van der Waals surface area contributed by atoms with Crippen LogP contribution in [0.25, 0.3) is 11.1 Å². The van der Waals surface area contributed by atoms with Crippen LogP contribution in [0.5, 0.6) is 0 Å². The van der Waals surface area contributed by atoms with Crippen molar-refractivity contribution in [3.8, 4) is 11.1 Å². The molecule has 0 aliphatic rings. The summed E-state index contributed by atoms with van der Waals surface area (Å²) in [4.78, 5) is 12.6. The standard InChI is InChI=1S/C19H24O2Si/c1-14-10-12-16(13-11-14)17-8-6-7-9-18(17)19(20)21-15(2)22(3,4)5/h6-13,15H,1-5H3. The molecule has 22 heavy (non-hydrogen) atoms. The van der Waals surface area contributed by atoms with Gasteiger partial charge < -0.3 is 4.74 Å². The van der Waals surface area contributed by atoms with Gasteiger partial charge in [-0.1, -0.05) is 67.7 Å². The molecule has 3 heteroatoms. The zero-order chi connectivity index (χ0) is 16.3. The van der Waals surface area contributed by atoms with Crippen LogP contribution in [0.15, 0.2) is 48.5 Å². The molecule has 1 unspecified atom stereocenters. The van der Waals surface area contributed by atoms with Crippen molar-refractivity contribution in [1.29, 1.82) is 0 Å². The molecule has 0 bridgehead atoms. The molecule has 0 spiro atoms. The van der Waals surface area contributed by atoms with Gasteiger partial charge in [-0.2, -0.15) is 0 Å². The number of rotatable bonds is 4. The van der Waals surface area contributed by atoms with Crippen LogP contribution in [0, 0.1) is 6.92 Å². The van der Waals surface area contributed by atoms with Gasteiger partial charge >= 0.3 is 5.97 Å². The van der Waals surface area contributed by atoms with Crippen LogP contribution in [0.3, 0.4) is 0 Å². The molecule has 0 amide bonds. The molecule has 1 atom stereocenters. The van der Waals surface area contributed by atoms with E-state index in [0.717, 1.165) is 11.1 Å². The Morgan fingerprint density at radius 2 is 1.59 bits per heavy atom. The number of aryl methyl sites for hydroxylation is 1. The average Bonchev–Trinajstić information content (AvgIpc) is 2.47. The van der Waals surface area contributed by atoms with Gasteiger partial charge in [0.05, 0.1) is 19.4 Å². The summed E-state index contributed by atoms with van der Waals surface area (Å²) in [6.07, 6.45) is 0. The van der Waals surface area contributed by atoms with Crippen LogP contribution < -0.4 is 0 Å². The monoisotopic (exact) mass is 312 g/mol. The van der Waals surface area contributed by atoms with Gasteiger partial charge in [-0.3, -0.25) is 0 Å². The maximum absolute atomic E-state index is 12.6. The van der Waals surface area contributed by atoms with Gasteiger partial charge in [0.1, 0.15) is 0 Å². The van der Waals surface area contributed by atoms with Gasteiger partial charge in [-0.15, -0.1) is 0 Å². The molecular weight excluding hydrogens is 288 g/mol. The highest BCUT2D eigenvalue weighted by Gasteiger charge is 2.27. The molecule has 2 nitrogen and oxygen atoms in total. The molecular formula is C19H24O2Si. The summed E-state index contributed by atoms with van der Waals surface area (Å²) < 4.78 is 5.71. The van der Waals surface area contributed by atoms with Crippen LogP contribution in [0.1, 0.15) is 22.8 Å². The fraction of sp³-hybridized carbons (Fsp3) is 0.316. The summed E-state index contributed by atoms with van der Waals surface area (Å²) >= 11 is 0. The van der Waals surface area contributed by atoms with Crippen LogP contribution in [0.2, 0.25) is 19.6 Å². The van der Waals surface area contributed by atoms with Crippen molar-refractivity contribution in [2.45, 2.75) is 39.2 Å². The second-order valence-corrected chi connectivity index (χ2v) is 12.4. The Labute approximate surface area is 134 Å². The van der Waals surface area contributed by atoms with E-state index in [-0.39, 0.29) is 11.7 Å². The number of benzene rings is 2. The quantitative estimate of drug-likeness (QED) is 0.581. The van der Waals surface area contributed by atoms with E-state index in [1.807, 2.05) is 43.3 Å². The number of hydrogen-bond donors (Lipinski definition) is 0. The summed E-state index contributed by atoms with van der Waals surface area (Å²) in [7, 11) is -1.50. The van der Waals surface area contributed by atoms with Crippen molar-refractivity contribution >= 4 is 14.0 Å². The Morgan fingerprint density at radius 3 is 2.18 bits per heavy atom. The maximum Gasteiger partial charge on any atom is 0.338 e. The van der Waals surface area contributed by atoms with Gasteiger partial charge in [0.2, 0.25) is 0 Å². The van der Waals surface area contributed by atoms with Crippen LogP contribution in [-0.4, -0.2) is 19.8 Å². The van der Waals surface area contributed by atoms with Gasteiger partial charge in [-0.25, -0.2) is 4.79 Å². The topological polar surface area (TPSA) is 26.3 Å². The summed E-state index contributed by atoms with van der Waals surface area (Å²) in [6, 6.07) is 15.9. The molecule has 0 fully saturated rings. The highest BCUT2D eigenvalue weighted by atomic mass is 28.3. The molecule has 2 aromatic rings. The molecule has 0 aliphatic carbocycles. The van der Waals surface area contributed by atoms with E-state index < -0.39 is 8.07 Å². The van der Waals surface area contributed by atoms with E-state index in [2.05, 4.69) is 38.7 Å². The summed E-state index contributed by atoms with van der Waals surface area (Å²) in [5, 5.41) is 0. The van der Waals surface area contributed by atoms with Crippen molar-refractivity contribution in [3.63, 3.8) is 0 Å². The Morgan fingerprint density at radius 1 is 1.00 bits per heavy atom. The third-order valence-corrected chi connectivity index (χ3v) is 6.57. The second kappa shape index (κ2) is 6.49. The molecule has 2 aromatic carbocycles. The molecule has 0 radical (unpaired) electrons. The lowest BCUT2D eigenvalue weighted by Gasteiger charge is -2.25. The lowest BCUT2D eigenvalue weighted by atomic mass is 9.99. The van der Waals surface area contributed by atoms with E-state index in [9.17, 15) is 4.79 Å². The molecule has 2 rings (SSSR count). The molecule has 0 heterocycles. The number of carbonyl (C=O) groups is 1. The zero-order valence-electron chi connectivity index (χ0n) is 14.0. The van der Waals surface area contributed by atoms with Crippen molar-refractivity contribution in [2.24, 2.45) is 0 Å². The first-order chi connectivity index (χ1) is 10.3. The normalized spacial score (nSPS) is 12.8. The fourth-order valence-electron chi connectivity index (χ4n) is 2.05. The molecule has 116 valence electrons. The minimum atomic E-state index is -1.50. The number of ether oxygens (including phenoxy) is 1. The lowest BCUT2D eigenvalue weighted by molar-refractivity contribution is 0.0456. The highest BCUT2D eigenvalue weighted by Crippen LogP contribution is 2.25. The second-order valence-electron chi connectivity index (χ2n) is 6.83. The van der Waals surface area contributed by atoms with Crippen LogP contribution >= 0.6 is 0 Å². The predicted molar refractivity (Wildman–Crippen MR) is 94.8 cm³/mol. The number of esters is 1. The first kappa shape index (κ1) is 16.5. The molecule has 0 saturated carbocycles. The number of hydrogen-bond acceptors (Lipinski definition) is 2. The third kappa shape index (κ3) is 3.86. The van der Waals surface area contributed by atoms with E-state index in [1.165, 1.54) is 5.56 Å². The first-order valence-electron chi connectivity index (χ1n) is 7.66. The summed E-state index contributed by atoms with van der Waals surface area (Å²) in [6.45, 7) is 10.7. The minimum absolute atomic E-state index is 0.00826. The molecule has 0 aliphatic heterocycles. The fourth-order valence-corrected chi connectivity index (χ4v) is 2.51. The van der Waals surface area contributed by atoms with Gasteiger partial charge in [-0.05, 0) is 31.0 Å². The van der Waals surface area contributed by atoms with Gasteiger partial charge in [0.15, 0.2) is 0 Å². The van der Waals surface area contributed by atoms with Crippen molar-refractivity contribution in [3.05, 3.63) is 59.7 Å². The van der Waals surface area contributed by atoms with E-state index >= 15 is 0 Å². The Bertz CT molecular complexity index is 654. The summed E-state index contributed by atoms with van der Waals surface area (Å²) in [5.74, 6) is -0.230. The van der Waals surface area contributed by atoms with Gasteiger partial charge in [0, 0.05) is 0 Å².